The van der Waals surface area contributed by atoms with Crippen LogP contribution in [0.1, 0.15) is 37.7 Å². The molecule has 1 aromatic heterocycles. The fourth-order valence-corrected chi connectivity index (χ4v) is 3.91. The van der Waals surface area contributed by atoms with Crippen LogP contribution < -0.4 is 10.6 Å². The first kappa shape index (κ1) is 23.3. The molecule has 0 aliphatic heterocycles. The topological polar surface area (TPSA) is 86.9 Å². The number of rotatable bonds is 6. The zero-order valence-corrected chi connectivity index (χ0v) is 19.4. The summed E-state index contributed by atoms with van der Waals surface area (Å²) in [4.78, 5) is 33.8. The molecule has 6 nitrogen and oxygen atoms in total. The standard InChI is InChI=1S/C25H21BClFN4O2/c1-3-14-5-4-6-20(13(14)2)31-25(34)18-10-16(11-21-23(18)32-22(12-26)30-21)29-24(33)17-8-7-15(28)9-19(17)27/h3-11H,1,12,26H2,2H3,(H,29,33)(H,30,32)(H,31,34). The van der Waals surface area contributed by atoms with Crippen molar-refractivity contribution in [2.75, 3.05) is 10.6 Å². The van der Waals surface area contributed by atoms with Gasteiger partial charge in [0, 0.05) is 11.4 Å². The van der Waals surface area contributed by atoms with Gasteiger partial charge in [-0.05, 0) is 60.8 Å². The second-order valence-electron chi connectivity index (χ2n) is 7.71. The molecule has 0 aliphatic carbocycles. The van der Waals surface area contributed by atoms with Crippen LogP contribution in [0.25, 0.3) is 17.1 Å². The van der Waals surface area contributed by atoms with E-state index in [1.165, 1.54) is 6.07 Å². The maximum absolute atomic E-state index is 13.4. The van der Waals surface area contributed by atoms with Gasteiger partial charge in [-0.25, -0.2) is 9.37 Å². The molecule has 0 spiro atoms. The number of fused-ring (bicyclic) bond motifs is 1. The monoisotopic (exact) mass is 474 g/mol. The molecule has 34 heavy (non-hydrogen) atoms. The van der Waals surface area contributed by atoms with Gasteiger partial charge in [0.15, 0.2) is 0 Å². The molecular weight excluding hydrogens is 454 g/mol. The summed E-state index contributed by atoms with van der Waals surface area (Å²) in [6.45, 7) is 5.70. The van der Waals surface area contributed by atoms with Crippen LogP contribution in [-0.4, -0.2) is 29.6 Å². The highest BCUT2D eigenvalue weighted by molar-refractivity contribution is 6.34. The zero-order valence-electron chi connectivity index (χ0n) is 18.6. The largest absolute Gasteiger partial charge is 0.343 e. The summed E-state index contributed by atoms with van der Waals surface area (Å²) in [5.41, 5.74) is 4.30. The molecule has 0 fully saturated rings. The van der Waals surface area contributed by atoms with Gasteiger partial charge in [-0.15, -0.1) is 0 Å². The van der Waals surface area contributed by atoms with Crippen molar-refractivity contribution in [1.29, 1.82) is 0 Å². The lowest BCUT2D eigenvalue weighted by Crippen LogP contribution is -2.16. The summed E-state index contributed by atoms with van der Waals surface area (Å²) in [6.07, 6.45) is 2.37. The molecule has 0 unspecified atom stereocenters. The minimum atomic E-state index is -0.540. The summed E-state index contributed by atoms with van der Waals surface area (Å²) < 4.78 is 13.4. The summed E-state index contributed by atoms with van der Waals surface area (Å²) in [5.74, 6) is -0.735. The van der Waals surface area contributed by atoms with E-state index in [1.807, 2.05) is 33.0 Å². The average Bonchev–Trinajstić information content (AvgIpc) is 3.23. The van der Waals surface area contributed by atoms with Crippen LogP contribution in [0.15, 0.2) is 55.1 Å². The number of carbonyl (C=O) groups excluding carboxylic acids is 2. The van der Waals surface area contributed by atoms with Crippen molar-refractivity contribution in [3.8, 4) is 0 Å². The highest BCUT2D eigenvalue weighted by atomic mass is 35.5. The molecule has 0 radical (unpaired) electrons. The summed E-state index contributed by atoms with van der Waals surface area (Å²) >= 11 is 6.03. The Morgan fingerprint density at radius 3 is 2.62 bits per heavy atom. The Bertz CT molecular complexity index is 1450. The minimum absolute atomic E-state index is 0.0103. The third-order valence-electron chi connectivity index (χ3n) is 5.49. The Balaban J connectivity index is 1.72. The second-order valence-corrected chi connectivity index (χ2v) is 8.12. The summed E-state index contributed by atoms with van der Waals surface area (Å²) in [5, 5.41) is 5.66. The molecule has 9 heteroatoms. The average molecular weight is 475 g/mol. The van der Waals surface area contributed by atoms with Gasteiger partial charge in [0.25, 0.3) is 11.8 Å². The van der Waals surface area contributed by atoms with E-state index in [9.17, 15) is 14.0 Å². The Morgan fingerprint density at radius 2 is 1.91 bits per heavy atom. The van der Waals surface area contributed by atoms with Crippen LogP contribution in [0.5, 0.6) is 0 Å². The van der Waals surface area contributed by atoms with E-state index in [0.717, 1.165) is 23.3 Å². The number of amides is 2. The van der Waals surface area contributed by atoms with Crippen molar-refractivity contribution >= 4 is 59.7 Å². The van der Waals surface area contributed by atoms with Gasteiger partial charge in [-0.2, -0.15) is 0 Å². The van der Waals surface area contributed by atoms with E-state index in [4.69, 9.17) is 11.6 Å². The molecule has 0 atom stereocenters. The first-order valence-corrected chi connectivity index (χ1v) is 11.0. The molecule has 2 amide bonds. The quantitative estimate of drug-likeness (QED) is 0.346. The summed E-state index contributed by atoms with van der Waals surface area (Å²) in [6, 6.07) is 12.3. The van der Waals surface area contributed by atoms with Crippen LogP contribution >= 0.6 is 11.6 Å². The van der Waals surface area contributed by atoms with Crippen LogP contribution in [0, 0.1) is 12.7 Å². The fourth-order valence-electron chi connectivity index (χ4n) is 3.65. The maximum Gasteiger partial charge on any atom is 0.258 e. The SMILES string of the molecule is BCc1nc2c(C(=O)Nc3cccc(C=C)c3C)cc(NC(=O)c3ccc(F)cc3Cl)cc2[nH]1. The van der Waals surface area contributed by atoms with Crippen molar-refractivity contribution in [3.05, 3.63) is 94.0 Å². The van der Waals surface area contributed by atoms with Crippen molar-refractivity contribution in [2.45, 2.75) is 13.2 Å². The number of halogens is 2. The van der Waals surface area contributed by atoms with E-state index in [2.05, 4.69) is 27.2 Å². The Morgan fingerprint density at radius 1 is 1.15 bits per heavy atom. The van der Waals surface area contributed by atoms with Crippen molar-refractivity contribution < 1.29 is 14.0 Å². The van der Waals surface area contributed by atoms with Gasteiger partial charge >= 0.3 is 0 Å². The van der Waals surface area contributed by atoms with Gasteiger partial charge in [-0.1, -0.05) is 36.4 Å². The summed E-state index contributed by atoms with van der Waals surface area (Å²) in [7, 11) is 1.95. The van der Waals surface area contributed by atoms with Gasteiger partial charge in [0.1, 0.15) is 19.2 Å². The zero-order chi connectivity index (χ0) is 24.4. The smallest absolute Gasteiger partial charge is 0.258 e. The molecule has 4 aromatic rings. The van der Waals surface area contributed by atoms with E-state index in [-0.39, 0.29) is 22.1 Å². The van der Waals surface area contributed by atoms with E-state index < -0.39 is 11.7 Å². The number of aromatic nitrogens is 2. The number of hydrogen-bond donors (Lipinski definition) is 3. The van der Waals surface area contributed by atoms with Crippen molar-refractivity contribution in [1.82, 2.24) is 9.97 Å². The van der Waals surface area contributed by atoms with Crippen molar-refractivity contribution in [2.24, 2.45) is 0 Å². The Kier molecular flexibility index (Phi) is 6.52. The van der Waals surface area contributed by atoms with Gasteiger partial charge in [0.2, 0.25) is 0 Å². The lowest BCUT2D eigenvalue weighted by atomic mass is 10.1. The molecule has 0 saturated heterocycles. The lowest BCUT2D eigenvalue weighted by molar-refractivity contribution is 0.101. The number of H-pyrrole nitrogens is 1. The lowest BCUT2D eigenvalue weighted by Gasteiger charge is -2.12. The van der Waals surface area contributed by atoms with Gasteiger partial charge in [-0.3, -0.25) is 9.59 Å². The molecule has 0 aliphatic rings. The first-order valence-electron chi connectivity index (χ1n) is 10.6. The number of carbonyl (C=O) groups is 2. The predicted octanol–water partition coefficient (Wildman–Crippen LogP) is 4.94. The third kappa shape index (κ3) is 4.58. The number of hydrogen-bond acceptors (Lipinski definition) is 3. The third-order valence-corrected chi connectivity index (χ3v) is 5.81. The van der Waals surface area contributed by atoms with Crippen LogP contribution in [-0.2, 0) is 6.32 Å². The maximum atomic E-state index is 13.4. The fraction of sp³-hybridized carbons (Fsp3) is 0.0800. The number of benzene rings is 3. The van der Waals surface area contributed by atoms with Crippen LogP contribution in [0.4, 0.5) is 15.8 Å². The molecule has 4 rings (SSSR count). The number of imidazole rings is 1. The molecular formula is C25H21BClFN4O2. The molecule has 0 bridgehead atoms. The van der Waals surface area contributed by atoms with Crippen LogP contribution in [0.3, 0.4) is 0 Å². The molecule has 3 N–H and O–H groups in total. The highest BCUT2D eigenvalue weighted by Gasteiger charge is 2.19. The van der Waals surface area contributed by atoms with Crippen molar-refractivity contribution in [3.63, 3.8) is 0 Å². The molecule has 0 saturated carbocycles. The predicted molar refractivity (Wildman–Crippen MR) is 137 cm³/mol. The van der Waals surface area contributed by atoms with E-state index in [0.29, 0.717) is 34.6 Å². The highest BCUT2D eigenvalue weighted by Crippen LogP contribution is 2.27. The van der Waals surface area contributed by atoms with Crippen LogP contribution in [0.2, 0.25) is 5.02 Å². The minimum Gasteiger partial charge on any atom is -0.343 e. The second kappa shape index (κ2) is 9.53. The molecule has 170 valence electrons. The normalized spacial score (nSPS) is 10.8. The molecule has 3 aromatic carbocycles. The Labute approximate surface area is 201 Å². The number of aromatic amines is 1. The van der Waals surface area contributed by atoms with Gasteiger partial charge in [0.05, 0.1) is 27.5 Å². The van der Waals surface area contributed by atoms with E-state index in [1.54, 1.807) is 18.2 Å². The number of anilines is 2. The molecule has 1 heterocycles. The first-order chi connectivity index (χ1) is 16.3. The Hall–Kier alpha value is -3.91. The number of nitrogens with zero attached hydrogens (tertiary/aromatic N) is 1. The van der Waals surface area contributed by atoms with Gasteiger partial charge < -0.3 is 15.6 Å². The number of nitrogens with one attached hydrogen (secondary N) is 3. The van der Waals surface area contributed by atoms with E-state index >= 15 is 0 Å².